The van der Waals surface area contributed by atoms with Gasteiger partial charge in [-0.1, -0.05) is 158 Å². The molecule has 272 valence electrons. The molecule has 0 aliphatic rings. The van der Waals surface area contributed by atoms with Crippen LogP contribution in [0.4, 0.5) is 17.1 Å². The first-order valence-electron chi connectivity index (χ1n) is 19.9. The molecule has 1 heterocycles. The van der Waals surface area contributed by atoms with Crippen molar-refractivity contribution in [2.75, 3.05) is 4.90 Å². The van der Waals surface area contributed by atoms with E-state index in [1.165, 1.54) is 76.7 Å². The van der Waals surface area contributed by atoms with Gasteiger partial charge in [-0.05, 0) is 128 Å². The van der Waals surface area contributed by atoms with E-state index in [1.807, 2.05) is 0 Å². The summed E-state index contributed by atoms with van der Waals surface area (Å²) in [5, 5.41) is 7.55. The molecule has 0 bridgehead atoms. The fraction of sp³-hybridized carbons (Fsp3) is 0. The SMILES string of the molecule is c1ccc2cc(-c3ccc(N(c4ccc(-c5ccc(-n6c7ccccc7c7ccccc76)cc5)cc4)c4ccc(-c5ccc6ccccc6c5)cc4)cc3)ccc2c1. The van der Waals surface area contributed by atoms with E-state index in [0.29, 0.717) is 0 Å². The summed E-state index contributed by atoms with van der Waals surface area (Å²) in [6.45, 7) is 0. The molecule has 1 aromatic heterocycles. The van der Waals surface area contributed by atoms with Crippen molar-refractivity contribution in [3.63, 3.8) is 0 Å². The van der Waals surface area contributed by atoms with Crippen LogP contribution in [0.3, 0.4) is 0 Å². The molecule has 11 aromatic rings. The molecule has 0 N–H and O–H groups in total. The van der Waals surface area contributed by atoms with Crippen molar-refractivity contribution < 1.29 is 0 Å². The average molecular weight is 739 g/mol. The highest BCUT2D eigenvalue weighted by molar-refractivity contribution is 6.09. The van der Waals surface area contributed by atoms with Crippen molar-refractivity contribution in [1.82, 2.24) is 4.57 Å². The van der Waals surface area contributed by atoms with Crippen molar-refractivity contribution in [3.8, 4) is 39.1 Å². The molecule has 10 aromatic carbocycles. The topological polar surface area (TPSA) is 8.17 Å². The molecule has 58 heavy (non-hydrogen) atoms. The molecule has 0 unspecified atom stereocenters. The Morgan fingerprint density at radius 3 is 1.02 bits per heavy atom. The van der Waals surface area contributed by atoms with Gasteiger partial charge in [-0.3, -0.25) is 0 Å². The van der Waals surface area contributed by atoms with Crippen LogP contribution in [0, 0.1) is 0 Å². The van der Waals surface area contributed by atoms with Crippen LogP contribution in [0.5, 0.6) is 0 Å². The van der Waals surface area contributed by atoms with Crippen LogP contribution in [0.25, 0.3) is 82.4 Å². The average Bonchev–Trinajstić information content (AvgIpc) is 3.64. The van der Waals surface area contributed by atoms with Crippen molar-refractivity contribution in [2.24, 2.45) is 0 Å². The Hall–Kier alpha value is -7.68. The van der Waals surface area contributed by atoms with E-state index in [-0.39, 0.29) is 0 Å². The number of nitrogens with zero attached hydrogens (tertiary/aromatic N) is 2. The first kappa shape index (κ1) is 33.6. The highest BCUT2D eigenvalue weighted by atomic mass is 15.1. The molecule has 0 saturated carbocycles. The largest absolute Gasteiger partial charge is 0.311 e. The Balaban J connectivity index is 0.937. The summed E-state index contributed by atoms with van der Waals surface area (Å²) in [6, 6.07) is 83.7. The lowest BCUT2D eigenvalue weighted by Crippen LogP contribution is -2.09. The molecule has 0 amide bonds. The maximum absolute atomic E-state index is 2.37. The van der Waals surface area contributed by atoms with Crippen LogP contribution in [0.1, 0.15) is 0 Å². The van der Waals surface area contributed by atoms with E-state index in [0.717, 1.165) is 22.7 Å². The maximum Gasteiger partial charge on any atom is 0.0541 e. The number of hydrogen-bond donors (Lipinski definition) is 0. The van der Waals surface area contributed by atoms with Gasteiger partial charge >= 0.3 is 0 Å². The Morgan fingerprint density at radius 1 is 0.259 bits per heavy atom. The molecule has 2 heteroatoms. The lowest BCUT2D eigenvalue weighted by atomic mass is 10.00. The molecule has 0 aliphatic carbocycles. The van der Waals surface area contributed by atoms with Crippen molar-refractivity contribution in [1.29, 1.82) is 0 Å². The van der Waals surface area contributed by atoms with Gasteiger partial charge in [0.15, 0.2) is 0 Å². The predicted octanol–water partition coefficient (Wildman–Crippen LogP) is 15.6. The standard InChI is InChI=1S/C56H38N2/c1-3-11-45-37-47(19-17-39(45)9-1)43-25-31-50(32-26-43)57(51-33-27-44(28-34-51)48-20-18-40-10-2-4-12-46(40)38-48)49-29-21-41(22-30-49)42-23-35-52(36-24-42)58-55-15-7-5-13-53(55)54-14-6-8-16-56(54)58/h1-38H. The zero-order chi connectivity index (χ0) is 38.4. The van der Waals surface area contributed by atoms with Gasteiger partial charge in [0.1, 0.15) is 0 Å². The second kappa shape index (κ2) is 14.1. The van der Waals surface area contributed by atoms with E-state index >= 15 is 0 Å². The molecule has 0 saturated heterocycles. The summed E-state index contributed by atoms with van der Waals surface area (Å²) in [5.74, 6) is 0. The number of anilines is 3. The Bertz CT molecular complexity index is 3070. The number of hydrogen-bond acceptors (Lipinski definition) is 1. The van der Waals surface area contributed by atoms with Crippen LogP contribution in [0.2, 0.25) is 0 Å². The predicted molar refractivity (Wildman–Crippen MR) is 247 cm³/mol. The fourth-order valence-corrected chi connectivity index (χ4v) is 8.60. The molecule has 0 radical (unpaired) electrons. The third-order valence-corrected chi connectivity index (χ3v) is 11.6. The molecule has 0 fully saturated rings. The van der Waals surface area contributed by atoms with Crippen molar-refractivity contribution in [3.05, 3.63) is 231 Å². The monoisotopic (exact) mass is 738 g/mol. The van der Waals surface area contributed by atoms with Crippen molar-refractivity contribution >= 4 is 60.4 Å². The fourth-order valence-electron chi connectivity index (χ4n) is 8.60. The number of para-hydroxylation sites is 2. The first-order valence-corrected chi connectivity index (χ1v) is 19.9. The van der Waals surface area contributed by atoms with E-state index < -0.39 is 0 Å². The van der Waals surface area contributed by atoms with Gasteiger partial charge in [0, 0.05) is 33.5 Å². The van der Waals surface area contributed by atoms with Gasteiger partial charge in [0.2, 0.25) is 0 Å². The minimum atomic E-state index is 1.10. The van der Waals surface area contributed by atoms with Gasteiger partial charge in [-0.25, -0.2) is 0 Å². The zero-order valence-electron chi connectivity index (χ0n) is 31.8. The molecule has 0 spiro atoms. The molecular weight excluding hydrogens is 701 g/mol. The van der Waals surface area contributed by atoms with E-state index in [1.54, 1.807) is 0 Å². The summed E-state index contributed by atoms with van der Waals surface area (Å²) >= 11 is 0. The third kappa shape index (κ3) is 6.00. The van der Waals surface area contributed by atoms with E-state index in [4.69, 9.17) is 0 Å². The summed E-state index contributed by atoms with van der Waals surface area (Å²) in [4.78, 5) is 2.35. The van der Waals surface area contributed by atoms with Crippen LogP contribution in [0.15, 0.2) is 231 Å². The van der Waals surface area contributed by atoms with E-state index in [2.05, 4.69) is 240 Å². The van der Waals surface area contributed by atoms with Crippen LogP contribution >= 0.6 is 0 Å². The number of aromatic nitrogens is 1. The minimum absolute atomic E-state index is 1.10. The van der Waals surface area contributed by atoms with E-state index in [9.17, 15) is 0 Å². The summed E-state index contributed by atoms with van der Waals surface area (Å²) < 4.78 is 2.37. The molecule has 0 aliphatic heterocycles. The Morgan fingerprint density at radius 2 is 0.586 bits per heavy atom. The third-order valence-electron chi connectivity index (χ3n) is 11.6. The molecule has 2 nitrogen and oxygen atoms in total. The molecular formula is C56H38N2. The molecule has 0 atom stereocenters. The minimum Gasteiger partial charge on any atom is -0.311 e. The Kier molecular flexibility index (Phi) is 8.19. The normalized spacial score (nSPS) is 11.4. The highest BCUT2D eigenvalue weighted by Gasteiger charge is 2.15. The van der Waals surface area contributed by atoms with Gasteiger partial charge in [0.25, 0.3) is 0 Å². The van der Waals surface area contributed by atoms with Gasteiger partial charge in [-0.15, -0.1) is 0 Å². The summed E-state index contributed by atoms with van der Waals surface area (Å²) in [5.41, 5.74) is 14.1. The number of rotatable bonds is 7. The maximum atomic E-state index is 2.37. The van der Waals surface area contributed by atoms with Crippen LogP contribution in [-0.4, -0.2) is 4.57 Å². The highest BCUT2D eigenvalue weighted by Crippen LogP contribution is 2.39. The molecule has 11 rings (SSSR count). The second-order valence-corrected chi connectivity index (χ2v) is 15.0. The van der Waals surface area contributed by atoms with Gasteiger partial charge < -0.3 is 9.47 Å². The first-order chi connectivity index (χ1) is 28.7. The summed E-state index contributed by atoms with van der Waals surface area (Å²) in [7, 11) is 0. The van der Waals surface area contributed by atoms with Gasteiger partial charge in [0.05, 0.1) is 11.0 Å². The lowest BCUT2D eigenvalue weighted by Gasteiger charge is -2.26. The zero-order valence-corrected chi connectivity index (χ0v) is 31.8. The van der Waals surface area contributed by atoms with Crippen LogP contribution in [-0.2, 0) is 0 Å². The number of benzene rings is 10. The number of fused-ring (bicyclic) bond motifs is 5. The summed E-state index contributed by atoms with van der Waals surface area (Å²) in [6.07, 6.45) is 0. The Labute approximate surface area is 338 Å². The van der Waals surface area contributed by atoms with Gasteiger partial charge in [-0.2, -0.15) is 0 Å². The lowest BCUT2D eigenvalue weighted by molar-refractivity contribution is 1.18. The quantitative estimate of drug-likeness (QED) is 0.158. The smallest absolute Gasteiger partial charge is 0.0541 e. The van der Waals surface area contributed by atoms with Crippen LogP contribution < -0.4 is 4.90 Å². The second-order valence-electron chi connectivity index (χ2n) is 15.0. The van der Waals surface area contributed by atoms with Crippen molar-refractivity contribution in [2.45, 2.75) is 0 Å².